The molecule has 0 radical (unpaired) electrons. The molecule has 6 heteroatoms. The van der Waals surface area contributed by atoms with Gasteiger partial charge in [0.05, 0.1) is 19.3 Å². The van der Waals surface area contributed by atoms with Gasteiger partial charge < -0.3 is 20.1 Å². The molecule has 0 spiro atoms. The molecule has 0 bridgehead atoms. The number of nitrogens with one attached hydrogen (secondary N) is 2. The van der Waals surface area contributed by atoms with E-state index < -0.39 is 0 Å². The molecule has 5 nitrogen and oxygen atoms in total. The lowest BCUT2D eigenvalue weighted by molar-refractivity contribution is 0.0347. The maximum absolute atomic E-state index is 5.84. The summed E-state index contributed by atoms with van der Waals surface area (Å²) >= 11 is 0. The molecule has 1 aliphatic heterocycles. The zero-order valence-corrected chi connectivity index (χ0v) is 16.9. The Kier molecular flexibility index (Phi) is 13.3. The Balaban J connectivity index is 0.00000441. The van der Waals surface area contributed by atoms with E-state index in [-0.39, 0.29) is 36.1 Å². The van der Waals surface area contributed by atoms with Crippen molar-refractivity contribution < 1.29 is 9.47 Å². The summed E-state index contributed by atoms with van der Waals surface area (Å²) in [6.07, 6.45) is 3.63. The van der Waals surface area contributed by atoms with Crippen molar-refractivity contribution in [3.8, 4) is 0 Å². The van der Waals surface area contributed by atoms with Crippen molar-refractivity contribution in [2.75, 3.05) is 32.9 Å². The lowest BCUT2D eigenvalue weighted by Gasteiger charge is -2.20. The Morgan fingerprint density at radius 3 is 2.59 bits per heavy atom. The van der Waals surface area contributed by atoms with Crippen LogP contribution < -0.4 is 10.6 Å². The highest BCUT2D eigenvalue weighted by Crippen LogP contribution is 2.09. The molecular weight excluding hydrogens is 393 g/mol. The van der Waals surface area contributed by atoms with Crippen LogP contribution in [0.2, 0.25) is 0 Å². The maximum atomic E-state index is 5.84. The van der Waals surface area contributed by atoms with Crippen LogP contribution in [-0.2, 0) is 9.47 Å². The SMILES string of the molecule is CCNC(=NCC(CC)CC)NC(C)COC1CCOC1.I. The van der Waals surface area contributed by atoms with Gasteiger partial charge in [0.1, 0.15) is 0 Å². The Morgan fingerprint density at radius 2 is 2.05 bits per heavy atom. The van der Waals surface area contributed by atoms with E-state index in [0.717, 1.165) is 38.7 Å². The summed E-state index contributed by atoms with van der Waals surface area (Å²) in [5.74, 6) is 1.56. The van der Waals surface area contributed by atoms with Crippen molar-refractivity contribution in [1.29, 1.82) is 0 Å². The largest absolute Gasteiger partial charge is 0.379 e. The average Bonchev–Trinajstić information content (AvgIpc) is 2.99. The molecule has 132 valence electrons. The highest BCUT2D eigenvalue weighted by molar-refractivity contribution is 14.0. The third kappa shape index (κ3) is 9.15. The number of hydrogen-bond donors (Lipinski definition) is 2. The second-order valence-electron chi connectivity index (χ2n) is 5.77. The van der Waals surface area contributed by atoms with Crippen LogP contribution in [-0.4, -0.2) is 51.0 Å². The normalized spacial score (nSPS) is 19.9. The van der Waals surface area contributed by atoms with Crippen molar-refractivity contribution in [3.05, 3.63) is 0 Å². The summed E-state index contributed by atoms with van der Waals surface area (Å²) < 4.78 is 11.2. The van der Waals surface area contributed by atoms with Gasteiger partial charge in [-0.3, -0.25) is 4.99 Å². The molecule has 22 heavy (non-hydrogen) atoms. The molecule has 1 rings (SSSR count). The zero-order valence-electron chi connectivity index (χ0n) is 14.6. The third-order valence-corrected chi connectivity index (χ3v) is 3.86. The molecule has 0 aromatic rings. The van der Waals surface area contributed by atoms with Crippen LogP contribution in [0.25, 0.3) is 0 Å². The number of rotatable bonds is 9. The van der Waals surface area contributed by atoms with Crippen molar-refractivity contribution >= 4 is 29.9 Å². The summed E-state index contributed by atoms with van der Waals surface area (Å²) in [5.41, 5.74) is 0. The molecule has 0 aromatic heterocycles. The molecule has 1 saturated heterocycles. The first-order valence-corrected chi connectivity index (χ1v) is 8.43. The summed E-state index contributed by atoms with van der Waals surface area (Å²) in [7, 11) is 0. The summed E-state index contributed by atoms with van der Waals surface area (Å²) in [6.45, 7) is 12.7. The number of guanidine groups is 1. The van der Waals surface area contributed by atoms with Crippen LogP contribution in [0.15, 0.2) is 4.99 Å². The summed E-state index contributed by atoms with van der Waals surface area (Å²) in [4.78, 5) is 4.69. The van der Waals surface area contributed by atoms with E-state index in [1.165, 1.54) is 12.8 Å². The molecule has 0 aromatic carbocycles. The van der Waals surface area contributed by atoms with Crippen molar-refractivity contribution in [1.82, 2.24) is 10.6 Å². The summed E-state index contributed by atoms with van der Waals surface area (Å²) in [6, 6.07) is 0.241. The van der Waals surface area contributed by atoms with Crippen molar-refractivity contribution in [2.45, 2.75) is 59.1 Å². The lowest BCUT2D eigenvalue weighted by Crippen LogP contribution is -2.44. The molecule has 0 saturated carbocycles. The number of halogens is 1. The van der Waals surface area contributed by atoms with Crippen LogP contribution in [0.4, 0.5) is 0 Å². The van der Waals surface area contributed by atoms with E-state index in [4.69, 9.17) is 9.47 Å². The predicted octanol–water partition coefficient (Wildman–Crippen LogP) is 2.79. The Bertz CT molecular complexity index is 293. The first kappa shape index (κ1) is 21.9. The molecule has 2 atom stereocenters. The lowest BCUT2D eigenvalue weighted by atomic mass is 10.0. The van der Waals surface area contributed by atoms with Gasteiger partial charge in [-0.25, -0.2) is 0 Å². The van der Waals surface area contributed by atoms with E-state index in [2.05, 4.69) is 43.3 Å². The smallest absolute Gasteiger partial charge is 0.191 e. The second kappa shape index (κ2) is 13.4. The van der Waals surface area contributed by atoms with Crippen molar-refractivity contribution in [2.24, 2.45) is 10.9 Å². The number of nitrogens with zero attached hydrogens (tertiary/aromatic N) is 1. The highest BCUT2D eigenvalue weighted by Gasteiger charge is 2.17. The Morgan fingerprint density at radius 1 is 1.32 bits per heavy atom. The first-order valence-electron chi connectivity index (χ1n) is 8.43. The van der Waals surface area contributed by atoms with Crippen molar-refractivity contribution in [3.63, 3.8) is 0 Å². The topological polar surface area (TPSA) is 54.9 Å². The predicted molar refractivity (Wildman–Crippen MR) is 103 cm³/mol. The Labute approximate surface area is 153 Å². The van der Waals surface area contributed by atoms with Gasteiger partial charge in [0.15, 0.2) is 5.96 Å². The van der Waals surface area contributed by atoms with E-state index >= 15 is 0 Å². The minimum atomic E-state index is 0. The quantitative estimate of drug-likeness (QED) is 0.338. The minimum Gasteiger partial charge on any atom is -0.379 e. The molecule has 0 amide bonds. The van der Waals surface area contributed by atoms with Crippen LogP contribution in [0, 0.1) is 5.92 Å². The molecule has 2 unspecified atom stereocenters. The van der Waals surface area contributed by atoms with E-state index in [1.807, 2.05) is 0 Å². The standard InChI is InChI=1S/C16H33N3O2.HI/c1-5-14(6-2)10-18-16(17-7-3)19-13(4)11-21-15-8-9-20-12-15;/h13-15H,5-12H2,1-4H3,(H2,17,18,19);1H. The minimum absolute atomic E-state index is 0. The van der Waals surface area contributed by atoms with Crippen LogP contribution in [0.3, 0.4) is 0 Å². The fraction of sp³-hybridized carbons (Fsp3) is 0.938. The molecule has 0 aliphatic carbocycles. The summed E-state index contributed by atoms with van der Waals surface area (Å²) in [5, 5.41) is 6.72. The maximum Gasteiger partial charge on any atom is 0.191 e. The fourth-order valence-electron chi connectivity index (χ4n) is 2.29. The van der Waals surface area contributed by atoms with E-state index in [9.17, 15) is 0 Å². The number of ether oxygens (including phenoxy) is 2. The molecule has 1 aliphatic rings. The molecule has 1 fully saturated rings. The van der Waals surface area contributed by atoms with Gasteiger partial charge in [0, 0.05) is 25.7 Å². The zero-order chi connectivity index (χ0) is 15.5. The van der Waals surface area contributed by atoms with E-state index in [1.54, 1.807) is 0 Å². The van der Waals surface area contributed by atoms with Gasteiger partial charge in [-0.15, -0.1) is 24.0 Å². The molecule has 2 N–H and O–H groups in total. The number of aliphatic imine (C=N–C) groups is 1. The van der Waals surface area contributed by atoms with Crippen LogP contribution in [0.1, 0.15) is 47.0 Å². The monoisotopic (exact) mass is 427 g/mol. The fourth-order valence-corrected chi connectivity index (χ4v) is 2.29. The van der Waals surface area contributed by atoms with Gasteiger partial charge in [0.2, 0.25) is 0 Å². The first-order chi connectivity index (χ1) is 10.2. The number of hydrogen-bond acceptors (Lipinski definition) is 3. The van der Waals surface area contributed by atoms with Gasteiger partial charge >= 0.3 is 0 Å². The van der Waals surface area contributed by atoms with Crippen LogP contribution in [0.5, 0.6) is 0 Å². The third-order valence-electron chi connectivity index (χ3n) is 3.86. The second-order valence-corrected chi connectivity index (χ2v) is 5.77. The molecule has 1 heterocycles. The van der Waals surface area contributed by atoms with Gasteiger partial charge in [-0.2, -0.15) is 0 Å². The Hall–Kier alpha value is -0.0800. The highest BCUT2D eigenvalue weighted by atomic mass is 127. The van der Waals surface area contributed by atoms with Gasteiger partial charge in [-0.05, 0) is 26.2 Å². The average molecular weight is 427 g/mol. The van der Waals surface area contributed by atoms with E-state index in [0.29, 0.717) is 12.5 Å². The van der Waals surface area contributed by atoms with Gasteiger partial charge in [-0.1, -0.05) is 26.7 Å². The molecular formula is C16H34IN3O2. The van der Waals surface area contributed by atoms with Gasteiger partial charge in [0.25, 0.3) is 0 Å². The van der Waals surface area contributed by atoms with Crippen LogP contribution >= 0.6 is 24.0 Å².